The molecule has 1 aromatic heterocycles. The molecule has 0 aliphatic heterocycles. The van der Waals surface area contributed by atoms with E-state index in [4.69, 9.17) is 0 Å². The minimum absolute atomic E-state index is 0.00185. The molecule has 0 radical (unpaired) electrons. The molecule has 1 N–H and O–H groups in total. The van der Waals surface area contributed by atoms with Crippen LogP contribution in [0.4, 0.5) is 0 Å². The Labute approximate surface area is 105 Å². The zero-order chi connectivity index (χ0) is 13.3. The van der Waals surface area contributed by atoms with Gasteiger partial charge in [0.1, 0.15) is 5.69 Å². The normalized spacial score (nSPS) is 10.9. The van der Waals surface area contributed by atoms with E-state index in [0.717, 1.165) is 11.1 Å². The smallest absolute Gasteiger partial charge is 0.358 e. The molecule has 2 rings (SSSR count). The number of hydrogen-bond acceptors (Lipinski definition) is 3. The van der Waals surface area contributed by atoms with Crippen molar-refractivity contribution in [2.45, 2.75) is 26.8 Å². The molecule has 0 amide bonds. The van der Waals surface area contributed by atoms with Crippen LogP contribution in [0, 0.1) is 6.92 Å². The summed E-state index contributed by atoms with van der Waals surface area (Å²) in [7, 11) is 0. The fraction of sp³-hybridized carbons (Fsp3) is 0.308. The number of carbonyl (C=O) groups is 1. The highest BCUT2D eigenvalue weighted by atomic mass is 16.4. The minimum Gasteiger partial charge on any atom is -0.476 e. The summed E-state index contributed by atoms with van der Waals surface area (Å²) in [5, 5.41) is 16.9. The molecule has 0 spiro atoms. The number of carboxylic acid groups (broad SMARTS) is 1. The standard InChI is InChI=1S/C13H15N3O2/c1-8(2)16-12(11(13(17)18)14-15-16)10-7-5-4-6-9(10)3/h4-8H,1-3H3,(H,17,18). The van der Waals surface area contributed by atoms with Gasteiger partial charge in [-0.05, 0) is 26.3 Å². The Hall–Kier alpha value is -2.17. The van der Waals surface area contributed by atoms with E-state index in [9.17, 15) is 9.90 Å². The van der Waals surface area contributed by atoms with Crippen molar-refractivity contribution in [1.82, 2.24) is 15.0 Å². The van der Waals surface area contributed by atoms with Crippen LogP contribution in [0.5, 0.6) is 0 Å². The Morgan fingerprint density at radius 1 is 1.33 bits per heavy atom. The van der Waals surface area contributed by atoms with Crippen molar-refractivity contribution >= 4 is 5.97 Å². The lowest BCUT2D eigenvalue weighted by atomic mass is 10.0. The Kier molecular flexibility index (Phi) is 3.14. The molecular formula is C13H15N3O2. The molecule has 0 saturated carbocycles. The number of hydrogen-bond donors (Lipinski definition) is 1. The number of aromatic carboxylic acids is 1. The van der Waals surface area contributed by atoms with Gasteiger partial charge in [-0.1, -0.05) is 29.5 Å². The molecule has 0 fully saturated rings. The maximum absolute atomic E-state index is 11.2. The minimum atomic E-state index is -1.06. The third-order valence-corrected chi connectivity index (χ3v) is 2.79. The average Bonchev–Trinajstić information content (AvgIpc) is 2.74. The van der Waals surface area contributed by atoms with Crippen LogP contribution < -0.4 is 0 Å². The first-order chi connectivity index (χ1) is 8.52. The Morgan fingerprint density at radius 2 is 2.00 bits per heavy atom. The lowest BCUT2D eigenvalue weighted by molar-refractivity contribution is 0.0691. The van der Waals surface area contributed by atoms with Crippen molar-refractivity contribution in [3.8, 4) is 11.3 Å². The molecule has 5 nitrogen and oxygen atoms in total. The molecule has 0 saturated heterocycles. The largest absolute Gasteiger partial charge is 0.476 e. The predicted molar refractivity (Wildman–Crippen MR) is 67.5 cm³/mol. The summed E-state index contributed by atoms with van der Waals surface area (Å²) in [6, 6.07) is 7.69. The maximum Gasteiger partial charge on any atom is 0.358 e. The van der Waals surface area contributed by atoms with E-state index in [1.54, 1.807) is 4.68 Å². The second kappa shape index (κ2) is 4.60. The van der Waals surface area contributed by atoms with Crippen molar-refractivity contribution in [2.24, 2.45) is 0 Å². The second-order valence-corrected chi connectivity index (χ2v) is 4.45. The summed E-state index contributed by atoms with van der Waals surface area (Å²) in [6.07, 6.45) is 0. The van der Waals surface area contributed by atoms with Crippen molar-refractivity contribution in [2.75, 3.05) is 0 Å². The van der Waals surface area contributed by atoms with Crippen molar-refractivity contribution in [3.05, 3.63) is 35.5 Å². The topological polar surface area (TPSA) is 68.0 Å². The van der Waals surface area contributed by atoms with Crippen LogP contribution in [-0.2, 0) is 0 Å². The zero-order valence-corrected chi connectivity index (χ0v) is 10.6. The lowest BCUT2D eigenvalue weighted by Gasteiger charge is -2.12. The van der Waals surface area contributed by atoms with Gasteiger partial charge in [0, 0.05) is 11.6 Å². The summed E-state index contributed by atoms with van der Waals surface area (Å²) < 4.78 is 1.64. The number of benzene rings is 1. The number of aromatic nitrogens is 3. The molecule has 94 valence electrons. The van der Waals surface area contributed by atoms with Gasteiger partial charge in [0.15, 0.2) is 5.69 Å². The van der Waals surface area contributed by atoms with Gasteiger partial charge >= 0.3 is 5.97 Å². The van der Waals surface area contributed by atoms with Crippen LogP contribution in [0.2, 0.25) is 0 Å². The quantitative estimate of drug-likeness (QED) is 0.902. The second-order valence-electron chi connectivity index (χ2n) is 4.45. The van der Waals surface area contributed by atoms with Gasteiger partial charge in [-0.15, -0.1) is 5.10 Å². The Balaban J connectivity index is 2.72. The number of rotatable bonds is 3. The zero-order valence-electron chi connectivity index (χ0n) is 10.6. The number of nitrogens with zero attached hydrogens (tertiary/aromatic N) is 3. The highest BCUT2D eigenvalue weighted by Gasteiger charge is 2.22. The highest BCUT2D eigenvalue weighted by molar-refractivity contribution is 5.93. The number of carboxylic acids is 1. The summed E-state index contributed by atoms with van der Waals surface area (Å²) in [4.78, 5) is 11.2. The van der Waals surface area contributed by atoms with Crippen LogP contribution in [-0.4, -0.2) is 26.1 Å². The van der Waals surface area contributed by atoms with E-state index in [1.165, 1.54) is 0 Å². The van der Waals surface area contributed by atoms with Gasteiger partial charge in [0.2, 0.25) is 0 Å². The summed E-state index contributed by atoms with van der Waals surface area (Å²) in [6.45, 7) is 5.84. The molecule has 1 aromatic carbocycles. The fourth-order valence-electron chi connectivity index (χ4n) is 1.89. The molecule has 0 unspecified atom stereocenters. The van der Waals surface area contributed by atoms with Gasteiger partial charge in [0.05, 0.1) is 0 Å². The maximum atomic E-state index is 11.2. The fourth-order valence-corrected chi connectivity index (χ4v) is 1.89. The van der Waals surface area contributed by atoms with Crippen LogP contribution in [0.15, 0.2) is 24.3 Å². The van der Waals surface area contributed by atoms with Gasteiger partial charge in [-0.3, -0.25) is 0 Å². The van der Waals surface area contributed by atoms with Crippen LogP contribution in [0.25, 0.3) is 11.3 Å². The van der Waals surface area contributed by atoms with Crippen LogP contribution >= 0.6 is 0 Å². The molecule has 0 bridgehead atoms. The first kappa shape index (κ1) is 12.3. The molecule has 18 heavy (non-hydrogen) atoms. The van der Waals surface area contributed by atoms with E-state index in [1.807, 2.05) is 45.0 Å². The summed E-state index contributed by atoms with van der Waals surface area (Å²) >= 11 is 0. The molecule has 5 heteroatoms. The van der Waals surface area contributed by atoms with Gasteiger partial charge in [-0.2, -0.15) is 0 Å². The van der Waals surface area contributed by atoms with E-state index in [0.29, 0.717) is 5.69 Å². The number of aryl methyl sites for hydroxylation is 1. The van der Waals surface area contributed by atoms with Crippen molar-refractivity contribution < 1.29 is 9.90 Å². The van der Waals surface area contributed by atoms with Crippen molar-refractivity contribution in [3.63, 3.8) is 0 Å². The summed E-state index contributed by atoms with van der Waals surface area (Å²) in [5.74, 6) is -1.06. The third kappa shape index (κ3) is 1.99. The summed E-state index contributed by atoms with van der Waals surface area (Å²) in [5.41, 5.74) is 2.42. The molecule has 0 aliphatic rings. The first-order valence-corrected chi connectivity index (χ1v) is 5.77. The average molecular weight is 245 g/mol. The highest BCUT2D eigenvalue weighted by Crippen LogP contribution is 2.27. The van der Waals surface area contributed by atoms with Crippen molar-refractivity contribution in [1.29, 1.82) is 0 Å². The third-order valence-electron chi connectivity index (χ3n) is 2.79. The molecular weight excluding hydrogens is 230 g/mol. The molecule has 0 aliphatic carbocycles. The van der Waals surface area contributed by atoms with E-state index in [-0.39, 0.29) is 11.7 Å². The van der Waals surface area contributed by atoms with Crippen LogP contribution in [0.3, 0.4) is 0 Å². The van der Waals surface area contributed by atoms with E-state index < -0.39 is 5.97 Å². The Bertz CT molecular complexity index is 588. The predicted octanol–water partition coefficient (Wildman–Crippen LogP) is 2.53. The van der Waals surface area contributed by atoms with Crippen LogP contribution in [0.1, 0.15) is 35.9 Å². The SMILES string of the molecule is Cc1ccccc1-c1c(C(=O)O)nnn1C(C)C. The van der Waals surface area contributed by atoms with Gasteiger partial charge in [-0.25, -0.2) is 9.48 Å². The lowest BCUT2D eigenvalue weighted by Crippen LogP contribution is -2.07. The Morgan fingerprint density at radius 3 is 2.56 bits per heavy atom. The molecule has 2 aromatic rings. The van der Waals surface area contributed by atoms with Gasteiger partial charge in [0.25, 0.3) is 0 Å². The van der Waals surface area contributed by atoms with Gasteiger partial charge < -0.3 is 5.11 Å². The van der Waals surface area contributed by atoms with E-state index >= 15 is 0 Å². The first-order valence-electron chi connectivity index (χ1n) is 5.77. The van der Waals surface area contributed by atoms with E-state index in [2.05, 4.69) is 10.3 Å². The monoisotopic (exact) mass is 245 g/mol. The molecule has 0 atom stereocenters. The molecule has 1 heterocycles.